The number of benzene rings is 1. The van der Waals surface area contributed by atoms with Crippen LogP contribution in [-0.4, -0.2) is 40.1 Å². The number of carbonyl (C=O) groups excluding carboxylic acids is 2. The van der Waals surface area contributed by atoms with Gasteiger partial charge in [-0.05, 0) is 19.1 Å². The van der Waals surface area contributed by atoms with Crippen molar-refractivity contribution in [2.75, 3.05) is 18.5 Å². The molecule has 2 aromatic rings. The number of H-pyrrole nitrogens is 1. The lowest BCUT2D eigenvalue weighted by Crippen LogP contribution is -2.33. The van der Waals surface area contributed by atoms with Crippen LogP contribution in [0.4, 0.5) is 19.1 Å². The lowest BCUT2D eigenvalue weighted by Gasteiger charge is -2.10. The Morgan fingerprint density at radius 3 is 2.64 bits per heavy atom. The fraction of sp³-hybridized carbons (Fsp3) is 0.286. The highest BCUT2D eigenvalue weighted by Gasteiger charge is 2.35. The number of aromatic amines is 1. The van der Waals surface area contributed by atoms with Crippen molar-refractivity contribution in [1.29, 1.82) is 0 Å². The van der Waals surface area contributed by atoms with Crippen molar-refractivity contribution in [2.45, 2.75) is 13.1 Å². The van der Waals surface area contributed by atoms with E-state index < -0.39 is 36.3 Å². The van der Waals surface area contributed by atoms with Crippen molar-refractivity contribution in [1.82, 2.24) is 20.5 Å². The molecule has 11 heteroatoms. The predicted octanol–water partition coefficient (Wildman–Crippen LogP) is 1.59. The van der Waals surface area contributed by atoms with Gasteiger partial charge in [-0.25, -0.2) is 0 Å². The summed E-state index contributed by atoms with van der Waals surface area (Å²) in [6.45, 7) is 1.64. The first-order valence-corrected chi connectivity index (χ1v) is 7.10. The van der Waals surface area contributed by atoms with Crippen LogP contribution in [0, 0.1) is 0 Å². The summed E-state index contributed by atoms with van der Waals surface area (Å²) in [6, 6.07) is 6.44. The fourth-order valence-corrected chi connectivity index (χ4v) is 1.80. The Morgan fingerprint density at radius 2 is 2.00 bits per heavy atom. The van der Waals surface area contributed by atoms with E-state index >= 15 is 0 Å². The number of carbonyl (C=O) groups is 2. The number of anilines is 1. The molecule has 0 bridgehead atoms. The van der Waals surface area contributed by atoms with E-state index in [1.54, 1.807) is 30.2 Å². The maximum Gasteiger partial charge on any atom is 0.451 e. The molecule has 3 N–H and O–H groups in total. The van der Waals surface area contributed by atoms with Gasteiger partial charge < -0.3 is 10.1 Å². The quantitative estimate of drug-likeness (QED) is 0.727. The summed E-state index contributed by atoms with van der Waals surface area (Å²) in [6.07, 6.45) is -4.70. The zero-order chi connectivity index (χ0) is 18.4. The molecule has 1 heterocycles. The number of ether oxygens (including phenoxy) is 1. The Labute approximate surface area is 139 Å². The number of amides is 2. The molecule has 2 rings (SSSR count). The molecule has 0 saturated carbocycles. The first-order valence-electron chi connectivity index (χ1n) is 7.10. The van der Waals surface area contributed by atoms with Crippen molar-refractivity contribution in [3.63, 3.8) is 0 Å². The van der Waals surface area contributed by atoms with Crippen LogP contribution in [-0.2, 0) is 11.0 Å². The molecule has 0 aliphatic carbocycles. The van der Waals surface area contributed by atoms with E-state index in [0.717, 1.165) is 0 Å². The second-order valence-corrected chi connectivity index (χ2v) is 4.67. The van der Waals surface area contributed by atoms with Crippen LogP contribution >= 0.6 is 0 Å². The lowest BCUT2D eigenvalue weighted by molar-refractivity contribution is -0.144. The van der Waals surface area contributed by atoms with Crippen LogP contribution in [0.3, 0.4) is 0 Å². The van der Waals surface area contributed by atoms with Gasteiger partial charge in [0, 0.05) is 0 Å². The summed E-state index contributed by atoms with van der Waals surface area (Å²) in [4.78, 5) is 26.8. The Kier molecular flexibility index (Phi) is 5.57. The van der Waals surface area contributed by atoms with Crippen molar-refractivity contribution in [3.05, 3.63) is 35.7 Å². The molecule has 0 spiro atoms. The second kappa shape index (κ2) is 7.64. The minimum atomic E-state index is -4.70. The molecule has 0 atom stereocenters. The van der Waals surface area contributed by atoms with Crippen LogP contribution in [0.2, 0.25) is 0 Å². The highest BCUT2D eigenvalue weighted by Crippen LogP contribution is 2.26. The van der Waals surface area contributed by atoms with Gasteiger partial charge in [-0.15, -0.1) is 5.10 Å². The summed E-state index contributed by atoms with van der Waals surface area (Å²) in [5.41, 5.74) is 0.231. The maximum absolute atomic E-state index is 12.4. The average molecular weight is 357 g/mol. The molecule has 8 nitrogen and oxygen atoms in total. The zero-order valence-electron chi connectivity index (χ0n) is 13.0. The first-order chi connectivity index (χ1) is 11.8. The largest absolute Gasteiger partial charge is 0.493 e. The molecule has 1 aromatic heterocycles. The summed E-state index contributed by atoms with van der Waals surface area (Å²) >= 11 is 0. The third kappa shape index (κ3) is 4.93. The number of aromatic nitrogens is 3. The van der Waals surface area contributed by atoms with E-state index in [1.807, 2.05) is 5.32 Å². The second-order valence-electron chi connectivity index (χ2n) is 4.67. The molecule has 0 radical (unpaired) electrons. The van der Waals surface area contributed by atoms with E-state index in [9.17, 15) is 22.8 Å². The number of nitrogens with one attached hydrogen (secondary N) is 3. The fourth-order valence-electron chi connectivity index (χ4n) is 1.80. The highest BCUT2D eigenvalue weighted by molar-refractivity contribution is 6.00. The van der Waals surface area contributed by atoms with Crippen molar-refractivity contribution in [3.8, 4) is 5.75 Å². The first kappa shape index (κ1) is 18.2. The molecule has 0 aliphatic heterocycles. The standard InChI is InChI=1S/C14H14F3N5O3/c1-2-25-9-6-4-3-5-8(9)11(24)18-7-10(23)19-13-20-12(21-22-13)14(15,16)17/h3-6H,2,7H2,1H3,(H,18,24)(H2,19,20,21,22,23). The van der Waals surface area contributed by atoms with Gasteiger partial charge in [-0.1, -0.05) is 12.1 Å². The third-order valence-electron chi connectivity index (χ3n) is 2.85. The monoisotopic (exact) mass is 357 g/mol. The molecular formula is C14H14F3N5O3. The maximum atomic E-state index is 12.4. The molecular weight excluding hydrogens is 343 g/mol. The Hall–Kier alpha value is -3.11. The molecule has 134 valence electrons. The van der Waals surface area contributed by atoms with Gasteiger partial charge in [0.2, 0.25) is 17.7 Å². The number of nitrogens with zero attached hydrogens (tertiary/aromatic N) is 2. The minimum Gasteiger partial charge on any atom is -0.493 e. The van der Waals surface area contributed by atoms with Crippen molar-refractivity contribution >= 4 is 17.8 Å². The summed E-state index contributed by atoms with van der Waals surface area (Å²) in [5, 5.41) is 9.26. The zero-order valence-corrected chi connectivity index (χ0v) is 13.0. The van der Waals surface area contributed by atoms with Gasteiger partial charge in [0.15, 0.2) is 0 Å². The molecule has 0 fully saturated rings. The van der Waals surface area contributed by atoms with Gasteiger partial charge in [0.05, 0.1) is 18.7 Å². The van der Waals surface area contributed by atoms with Crippen LogP contribution < -0.4 is 15.4 Å². The SMILES string of the molecule is CCOc1ccccc1C(=O)NCC(=O)Nc1n[nH]c(C(F)(F)F)n1. The molecule has 25 heavy (non-hydrogen) atoms. The number of hydrogen-bond donors (Lipinski definition) is 3. The Bertz CT molecular complexity index is 760. The smallest absolute Gasteiger partial charge is 0.451 e. The van der Waals surface area contributed by atoms with Gasteiger partial charge in [-0.3, -0.25) is 20.0 Å². The Balaban J connectivity index is 1.92. The van der Waals surface area contributed by atoms with Crippen LogP contribution in [0.25, 0.3) is 0 Å². The summed E-state index contributed by atoms with van der Waals surface area (Å²) in [7, 11) is 0. The van der Waals surface area contributed by atoms with Crippen molar-refractivity contribution in [2.24, 2.45) is 0 Å². The minimum absolute atomic E-state index is 0.231. The number of hydrogen-bond acceptors (Lipinski definition) is 5. The van der Waals surface area contributed by atoms with Crippen molar-refractivity contribution < 1.29 is 27.5 Å². The van der Waals surface area contributed by atoms with Gasteiger partial charge in [-0.2, -0.15) is 18.2 Å². The van der Waals surface area contributed by atoms with E-state index in [0.29, 0.717) is 12.4 Å². The summed E-state index contributed by atoms with van der Waals surface area (Å²) in [5.74, 6) is -2.87. The van der Waals surface area contributed by atoms with Crippen LogP contribution in [0.1, 0.15) is 23.1 Å². The van der Waals surface area contributed by atoms with Gasteiger partial charge in [0.25, 0.3) is 5.91 Å². The number of rotatable bonds is 6. The van der Waals surface area contributed by atoms with Crippen LogP contribution in [0.15, 0.2) is 24.3 Å². The molecule has 1 aromatic carbocycles. The molecule has 0 saturated heterocycles. The Morgan fingerprint density at radius 1 is 1.28 bits per heavy atom. The van der Waals surface area contributed by atoms with Gasteiger partial charge >= 0.3 is 6.18 Å². The summed E-state index contributed by atoms with van der Waals surface area (Å²) < 4.78 is 42.4. The molecule has 2 amide bonds. The number of halogens is 3. The number of alkyl halides is 3. The van der Waals surface area contributed by atoms with Gasteiger partial charge in [0.1, 0.15) is 5.75 Å². The normalized spacial score (nSPS) is 11.0. The predicted molar refractivity (Wildman–Crippen MR) is 80.0 cm³/mol. The topological polar surface area (TPSA) is 109 Å². The molecule has 0 aliphatic rings. The van der Waals surface area contributed by atoms with E-state index in [1.165, 1.54) is 6.07 Å². The van der Waals surface area contributed by atoms with E-state index in [-0.39, 0.29) is 5.56 Å². The highest BCUT2D eigenvalue weighted by atomic mass is 19.4. The molecule has 0 unspecified atom stereocenters. The average Bonchev–Trinajstić information content (AvgIpc) is 3.02. The van der Waals surface area contributed by atoms with E-state index in [2.05, 4.69) is 15.4 Å². The van der Waals surface area contributed by atoms with Crippen LogP contribution in [0.5, 0.6) is 5.75 Å². The lowest BCUT2D eigenvalue weighted by atomic mass is 10.2. The third-order valence-corrected chi connectivity index (χ3v) is 2.85. The number of para-hydroxylation sites is 1. The van der Waals surface area contributed by atoms with E-state index in [4.69, 9.17) is 4.74 Å².